The fourth-order valence-electron chi connectivity index (χ4n) is 3.52. The van der Waals surface area contributed by atoms with E-state index in [1.165, 1.54) is 45.2 Å². The molecule has 4 nitrogen and oxygen atoms in total. The van der Waals surface area contributed by atoms with Crippen molar-refractivity contribution >= 4 is 5.91 Å². The summed E-state index contributed by atoms with van der Waals surface area (Å²) in [5.74, 6) is 0.201. The van der Waals surface area contributed by atoms with Crippen LogP contribution in [0.4, 0.5) is 0 Å². The number of carbonyl (C=O) groups excluding carboxylic acids is 1. The molecular weight excluding hydrogens is 238 g/mol. The third kappa shape index (κ3) is 4.46. The summed E-state index contributed by atoms with van der Waals surface area (Å²) in [7, 11) is 0. The molecule has 19 heavy (non-hydrogen) atoms. The summed E-state index contributed by atoms with van der Waals surface area (Å²) >= 11 is 0. The molecule has 1 saturated heterocycles. The van der Waals surface area contributed by atoms with E-state index in [0.717, 1.165) is 25.9 Å². The maximum absolute atomic E-state index is 12.1. The Morgan fingerprint density at radius 3 is 2.42 bits per heavy atom. The van der Waals surface area contributed by atoms with Gasteiger partial charge in [0.25, 0.3) is 0 Å². The van der Waals surface area contributed by atoms with E-state index in [-0.39, 0.29) is 11.3 Å². The number of nitrogens with one attached hydrogen (secondary N) is 1. The van der Waals surface area contributed by atoms with Crippen molar-refractivity contribution in [3.63, 3.8) is 0 Å². The SMILES string of the molecule is NCC1(CC(=O)NCCN2CCCC2)CCCCC1. The van der Waals surface area contributed by atoms with Crippen molar-refractivity contribution < 1.29 is 4.79 Å². The van der Waals surface area contributed by atoms with Crippen LogP contribution in [0.2, 0.25) is 0 Å². The van der Waals surface area contributed by atoms with Crippen LogP contribution in [0.3, 0.4) is 0 Å². The van der Waals surface area contributed by atoms with Crippen LogP contribution in [0.1, 0.15) is 51.4 Å². The summed E-state index contributed by atoms with van der Waals surface area (Å²) in [5.41, 5.74) is 6.02. The molecule has 0 aromatic rings. The van der Waals surface area contributed by atoms with Crippen molar-refractivity contribution in [1.82, 2.24) is 10.2 Å². The number of rotatable bonds is 6. The molecule has 1 aliphatic heterocycles. The lowest BCUT2D eigenvalue weighted by molar-refractivity contribution is -0.123. The van der Waals surface area contributed by atoms with Crippen LogP contribution in [-0.4, -0.2) is 43.5 Å². The Morgan fingerprint density at radius 1 is 1.11 bits per heavy atom. The highest BCUT2D eigenvalue weighted by atomic mass is 16.1. The maximum Gasteiger partial charge on any atom is 0.220 e. The quantitative estimate of drug-likeness (QED) is 0.767. The summed E-state index contributed by atoms with van der Waals surface area (Å²) in [6, 6.07) is 0. The average Bonchev–Trinajstić information content (AvgIpc) is 2.93. The third-order valence-electron chi connectivity index (χ3n) is 4.83. The van der Waals surface area contributed by atoms with Crippen LogP contribution in [-0.2, 0) is 4.79 Å². The van der Waals surface area contributed by atoms with Crippen LogP contribution in [0, 0.1) is 5.41 Å². The van der Waals surface area contributed by atoms with Gasteiger partial charge >= 0.3 is 0 Å². The molecule has 0 atom stereocenters. The second kappa shape index (κ2) is 7.25. The summed E-state index contributed by atoms with van der Waals surface area (Å²) in [6.45, 7) is 4.85. The molecule has 110 valence electrons. The lowest BCUT2D eigenvalue weighted by atomic mass is 9.71. The second-order valence-electron chi connectivity index (χ2n) is 6.34. The minimum absolute atomic E-state index is 0.0932. The van der Waals surface area contributed by atoms with Gasteiger partial charge in [0.05, 0.1) is 0 Å². The lowest BCUT2D eigenvalue weighted by Gasteiger charge is -2.35. The van der Waals surface area contributed by atoms with Gasteiger partial charge in [0.15, 0.2) is 0 Å². The summed E-state index contributed by atoms with van der Waals surface area (Å²) < 4.78 is 0. The van der Waals surface area contributed by atoms with Crippen molar-refractivity contribution in [3.05, 3.63) is 0 Å². The van der Waals surface area contributed by atoms with E-state index >= 15 is 0 Å². The van der Waals surface area contributed by atoms with E-state index in [1.807, 2.05) is 0 Å². The van der Waals surface area contributed by atoms with Gasteiger partial charge < -0.3 is 16.0 Å². The Kier molecular flexibility index (Phi) is 5.64. The molecule has 0 spiro atoms. The average molecular weight is 267 g/mol. The van der Waals surface area contributed by atoms with Crippen molar-refractivity contribution in [1.29, 1.82) is 0 Å². The molecule has 1 heterocycles. The predicted octanol–water partition coefficient (Wildman–Crippen LogP) is 1.50. The van der Waals surface area contributed by atoms with Gasteiger partial charge in [0.2, 0.25) is 5.91 Å². The number of amides is 1. The monoisotopic (exact) mass is 267 g/mol. The fraction of sp³-hybridized carbons (Fsp3) is 0.933. The maximum atomic E-state index is 12.1. The van der Waals surface area contributed by atoms with Gasteiger partial charge in [-0.05, 0) is 50.7 Å². The Labute approximate surface area is 117 Å². The molecule has 2 fully saturated rings. The molecule has 0 aromatic heterocycles. The van der Waals surface area contributed by atoms with Gasteiger partial charge in [-0.3, -0.25) is 4.79 Å². The molecule has 0 bridgehead atoms. The topological polar surface area (TPSA) is 58.4 Å². The number of hydrogen-bond donors (Lipinski definition) is 2. The smallest absolute Gasteiger partial charge is 0.220 e. The van der Waals surface area contributed by atoms with Gasteiger partial charge in [0.1, 0.15) is 0 Å². The highest BCUT2D eigenvalue weighted by Gasteiger charge is 2.32. The van der Waals surface area contributed by atoms with Gasteiger partial charge in [-0.1, -0.05) is 19.3 Å². The number of carbonyl (C=O) groups is 1. The summed E-state index contributed by atoms with van der Waals surface area (Å²) in [6.07, 6.45) is 9.28. The number of likely N-dealkylation sites (tertiary alicyclic amines) is 1. The van der Waals surface area contributed by atoms with Crippen molar-refractivity contribution in [2.75, 3.05) is 32.7 Å². The van der Waals surface area contributed by atoms with Crippen LogP contribution in [0.25, 0.3) is 0 Å². The molecule has 2 aliphatic rings. The van der Waals surface area contributed by atoms with Crippen LogP contribution < -0.4 is 11.1 Å². The molecule has 0 unspecified atom stereocenters. The first kappa shape index (κ1) is 14.8. The molecule has 1 aliphatic carbocycles. The van der Waals surface area contributed by atoms with E-state index in [4.69, 9.17) is 5.73 Å². The molecule has 0 radical (unpaired) electrons. The molecular formula is C15H29N3O. The minimum atomic E-state index is 0.0932. The number of nitrogens with zero attached hydrogens (tertiary/aromatic N) is 1. The van der Waals surface area contributed by atoms with Gasteiger partial charge in [-0.15, -0.1) is 0 Å². The van der Waals surface area contributed by atoms with Crippen molar-refractivity contribution in [2.45, 2.75) is 51.4 Å². The van der Waals surface area contributed by atoms with Crippen molar-refractivity contribution in [3.8, 4) is 0 Å². The largest absolute Gasteiger partial charge is 0.355 e. The van der Waals surface area contributed by atoms with E-state index < -0.39 is 0 Å². The first-order valence-electron chi connectivity index (χ1n) is 7.93. The molecule has 4 heteroatoms. The predicted molar refractivity (Wildman–Crippen MR) is 77.9 cm³/mol. The highest BCUT2D eigenvalue weighted by Crippen LogP contribution is 2.38. The summed E-state index contributed by atoms with van der Waals surface area (Å²) in [5, 5.41) is 3.08. The zero-order valence-corrected chi connectivity index (χ0v) is 12.1. The molecule has 1 amide bonds. The van der Waals surface area contributed by atoms with Crippen LogP contribution >= 0.6 is 0 Å². The Hall–Kier alpha value is -0.610. The van der Waals surface area contributed by atoms with Gasteiger partial charge in [-0.25, -0.2) is 0 Å². The number of hydrogen-bond acceptors (Lipinski definition) is 3. The zero-order chi connectivity index (χ0) is 13.6. The molecule has 1 saturated carbocycles. The minimum Gasteiger partial charge on any atom is -0.355 e. The Balaban J connectivity index is 1.67. The first-order chi connectivity index (χ1) is 9.24. The van der Waals surface area contributed by atoms with Crippen molar-refractivity contribution in [2.24, 2.45) is 11.1 Å². The Bertz CT molecular complexity index is 281. The fourth-order valence-corrected chi connectivity index (χ4v) is 3.52. The van der Waals surface area contributed by atoms with Gasteiger partial charge in [-0.2, -0.15) is 0 Å². The molecule has 0 aromatic carbocycles. The molecule has 2 rings (SSSR count). The van der Waals surface area contributed by atoms with E-state index in [0.29, 0.717) is 13.0 Å². The Morgan fingerprint density at radius 2 is 1.79 bits per heavy atom. The summed E-state index contributed by atoms with van der Waals surface area (Å²) in [4.78, 5) is 14.5. The second-order valence-corrected chi connectivity index (χ2v) is 6.34. The zero-order valence-electron chi connectivity index (χ0n) is 12.1. The number of nitrogens with two attached hydrogens (primary N) is 1. The third-order valence-corrected chi connectivity index (χ3v) is 4.83. The first-order valence-corrected chi connectivity index (χ1v) is 7.93. The van der Waals surface area contributed by atoms with E-state index in [2.05, 4.69) is 10.2 Å². The highest BCUT2D eigenvalue weighted by molar-refractivity contribution is 5.76. The van der Waals surface area contributed by atoms with E-state index in [1.54, 1.807) is 0 Å². The molecule has 3 N–H and O–H groups in total. The van der Waals surface area contributed by atoms with Crippen LogP contribution in [0.15, 0.2) is 0 Å². The van der Waals surface area contributed by atoms with E-state index in [9.17, 15) is 4.79 Å². The van der Waals surface area contributed by atoms with Crippen LogP contribution in [0.5, 0.6) is 0 Å². The standard InChI is InChI=1S/C15H29N3O/c16-13-15(6-2-1-3-7-15)12-14(19)17-8-11-18-9-4-5-10-18/h1-13,16H2,(H,17,19). The normalized spacial score (nSPS) is 23.4. The van der Waals surface area contributed by atoms with Gasteiger partial charge in [0, 0.05) is 19.5 Å². The lowest BCUT2D eigenvalue weighted by Crippen LogP contribution is -2.40.